The molecule has 0 bridgehead atoms. The van der Waals surface area contributed by atoms with Gasteiger partial charge in [-0.2, -0.15) is 0 Å². The molecule has 0 atom stereocenters. The fraction of sp³-hybridized carbons (Fsp3) is 0.571. The predicted octanol–water partition coefficient (Wildman–Crippen LogP) is 3.22. The Morgan fingerprint density at radius 2 is 1.76 bits per heavy atom. The third-order valence-corrected chi connectivity index (χ3v) is 2.41. The largest absolute Gasteiger partial charge is 0.384 e. The van der Waals surface area contributed by atoms with Crippen LogP contribution in [0.5, 0.6) is 0 Å². The fourth-order valence-electron chi connectivity index (χ4n) is 1.85. The SMILES string of the molecule is CN(CCNc1ccc(F)cc1)CC(C)(C)C. The zero-order valence-electron chi connectivity index (χ0n) is 11.3. The van der Waals surface area contributed by atoms with Crippen LogP contribution >= 0.6 is 0 Å². The first kappa shape index (κ1) is 14.0. The lowest BCUT2D eigenvalue weighted by atomic mass is 9.96. The van der Waals surface area contributed by atoms with E-state index in [0.29, 0.717) is 5.41 Å². The Morgan fingerprint density at radius 1 is 1.18 bits per heavy atom. The molecular weight excluding hydrogens is 215 g/mol. The van der Waals surface area contributed by atoms with Gasteiger partial charge in [0.2, 0.25) is 0 Å². The zero-order chi connectivity index (χ0) is 12.9. The van der Waals surface area contributed by atoms with Crippen LogP contribution in [0.1, 0.15) is 20.8 Å². The normalized spacial score (nSPS) is 11.9. The first-order valence-electron chi connectivity index (χ1n) is 6.05. The summed E-state index contributed by atoms with van der Waals surface area (Å²) in [7, 11) is 2.12. The molecule has 17 heavy (non-hydrogen) atoms. The van der Waals surface area contributed by atoms with Gasteiger partial charge in [0, 0.05) is 25.3 Å². The van der Waals surface area contributed by atoms with Gasteiger partial charge in [-0.3, -0.25) is 0 Å². The highest BCUT2D eigenvalue weighted by atomic mass is 19.1. The number of hydrogen-bond acceptors (Lipinski definition) is 2. The number of nitrogens with zero attached hydrogens (tertiary/aromatic N) is 1. The molecule has 0 heterocycles. The molecule has 1 rings (SSSR count). The molecule has 0 aliphatic carbocycles. The molecule has 0 fully saturated rings. The maximum atomic E-state index is 12.7. The topological polar surface area (TPSA) is 15.3 Å². The quantitative estimate of drug-likeness (QED) is 0.847. The van der Waals surface area contributed by atoms with Crippen molar-refractivity contribution < 1.29 is 4.39 Å². The molecule has 0 radical (unpaired) electrons. The molecule has 0 amide bonds. The maximum absolute atomic E-state index is 12.7. The molecule has 2 nitrogen and oxygen atoms in total. The summed E-state index contributed by atoms with van der Waals surface area (Å²) in [4.78, 5) is 2.30. The Morgan fingerprint density at radius 3 is 2.29 bits per heavy atom. The summed E-state index contributed by atoms with van der Waals surface area (Å²) in [6.45, 7) is 9.62. The molecule has 0 spiro atoms. The van der Waals surface area contributed by atoms with Crippen LogP contribution in [-0.2, 0) is 0 Å². The van der Waals surface area contributed by atoms with Crippen molar-refractivity contribution in [1.29, 1.82) is 0 Å². The fourth-order valence-corrected chi connectivity index (χ4v) is 1.85. The minimum Gasteiger partial charge on any atom is -0.384 e. The van der Waals surface area contributed by atoms with E-state index in [0.717, 1.165) is 25.3 Å². The van der Waals surface area contributed by atoms with E-state index in [4.69, 9.17) is 0 Å². The molecule has 96 valence electrons. The van der Waals surface area contributed by atoms with Crippen molar-refractivity contribution in [3.8, 4) is 0 Å². The van der Waals surface area contributed by atoms with Crippen molar-refractivity contribution in [2.75, 3.05) is 32.0 Å². The molecule has 1 aromatic rings. The van der Waals surface area contributed by atoms with Crippen molar-refractivity contribution >= 4 is 5.69 Å². The number of rotatable bonds is 5. The summed E-state index contributed by atoms with van der Waals surface area (Å²) in [5.74, 6) is -0.194. The highest BCUT2D eigenvalue weighted by Gasteiger charge is 2.12. The van der Waals surface area contributed by atoms with Crippen molar-refractivity contribution in [3.63, 3.8) is 0 Å². The monoisotopic (exact) mass is 238 g/mol. The summed E-state index contributed by atoms with van der Waals surface area (Å²) in [5, 5.41) is 3.28. The number of anilines is 1. The Balaban J connectivity index is 2.26. The van der Waals surface area contributed by atoms with Gasteiger partial charge in [-0.1, -0.05) is 20.8 Å². The number of benzene rings is 1. The summed E-state index contributed by atoms with van der Waals surface area (Å²) in [6, 6.07) is 6.47. The standard InChI is InChI=1S/C14H23FN2/c1-14(2,3)11-17(4)10-9-16-13-7-5-12(15)6-8-13/h5-8,16H,9-11H2,1-4H3. The van der Waals surface area contributed by atoms with Gasteiger partial charge >= 0.3 is 0 Å². The van der Waals surface area contributed by atoms with Gasteiger partial charge in [0.1, 0.15) is 5.82 Å². The second-order valence-electron chi connectivity index (χ2n) is 5.73. The lowest BCUT2D eigenvalue weighted by Gasteiger charge is -2.26. The zero-order valence-corrected chi connectivity index (χ0v) is 11.3. The van der Waals surface area contributed by atoms with Crippen LogP contribution in [0, 0.1) is 11.2 Å². The minimum atomic E-state index is -0.194. The van der Waals surface area contributed by atoms with Gasteiger partial charge in [0.05, 0.1) is 0 Å². The lowest BCUT2D eigenvalue weighted by molar-refractivity contribution is 0.233. The van der Waals surface area contributed by atoms with Crippen LogP contribution in [0.3, 0.4) is 0 Å². The minimum absolute atomic E-state index is 0.194. The highest BCUT2D eigenvalue weighted by molar-refractivity contribution is 5.42. The third-order valence-electron chi connectivity index (χ3n) is 2.41. The Labute approximate surface area is 104 Å². The molecule has 1 aromatic carbocycles. The summed E-state index contributed by atoms with van der Waals surface area (Å²) < 4.78 is 12.7. The van der Waals surface area contributed by atoms with Gasteiger partial charge in [-0.05, 0) is 36.7 Å². The average molecular weight is 238 g/mol. The van der Waals surface area contributed by atoms with Crippen LogP contribution < -0.4 is 5.32 Å². The predicted molar refractivity (Wildman–Crippen MR) is 71.8 cm³/mol. The number of nitrogens with one attached hydrogen (secondary N) is 1. The van der Waals surface area contributed by atoms with E-state index in [9.17, 15) is 4.39 Å². The Hall–Kier alpha value is -1.09. The van der Waals surface area contributed by atoms with Crippen molar-refractivity contribution in [3.05, 3.63) is 30.1 Å². The van der Waals surface area contributed by atoms with Crippen molar-refractivity contribution in [2.24, 2.45) is 5.41 Å². The van der Waals surface area contributed by atoms with Crippen LogP contribution in [0.4, 0.5) is 10.1 Å². The average Bonchev–Trinajstić information content (AvgIpc) is 2.18. The van der Waals surface area contributed by atoms with E-state index < -0.39 is 0 Å². The molecule has 0 aliphatic rings. The van der Waals surface area contributed by atoms with Gasteiger partial charge in [-0.15, -0.1) is 0 Å². The number of likely N-dealkylation sites (N-methyl/N-ethyl adjacent to an activating group) is 1. The molecule has 1 N–H and O–H groups in total. The third kappa shape index (κ3) is 6.27. The molecule has 3 heteroatoms. The first-order valence-corrected chi connectivity index (χ1v) is 6.05. The number of hydrogen-bond donors (Lipinski definition) is 1. The van der Waals surface area contributed by atoms with Gasteiger partial charge < -0.3 is 10.2 Å². The van der Waals surface area contributed by atoms with Gasteiger partial charge in [0.25, 0.3) is 0 Å². The van der Waals surface area contributed by atoms with Crippen LogP contribution in [0.2, 0.25) is 0 Å². The summed E-state index contributed by atoms with van der Waals surface area (Å²) >= 11 is 0. The molecule has 0 saturated carbocycles. The lowest BCUT2D eigenvalue weighted by Crippen LogP contribution is -2.32. The summed E-state index contributed by atoms with van der Waals surface area (Å²) in [5.41, 5.74) is 1.29. The summed E-state index contributed by atoms with van der Waals surface area (Å²) in [6.07, 6.45) is 0. The highest BCUT2D eigenvalue weighted by Crippen LogP contribution is 2.14. The van der Waals surface area contributed by atoms with E-state index in [1.54, 1.807) is 12.1 Å². The van der Waals surface area contributed by atoms with Crippen LogP contribution in [0.25, 0.3) is 0 Å². The number of halogens is 1. The van der Waals surface area contributed by atoms with E-state index >= 15 is 0 Å². The van der Waals surface area contributed by atoms with Crippen molar-refractivity contribution in [1.82, 2.24) is 4.90 Å². The van der Waals surface area contributed by atoms with E-state index in [-0.39, 0.29) is 5.82 Å². The van der Waals surface area contributed by atoms with Crippen LogP contribution in [-0.4, -0.2) is 31.6 Å². The van der Waals surface area contributed by atoms with E-state index in [1.165, 1.54) is 12.1 Å². The van der Waals surface area contributed by atoms with E-state index in [2.05, 4.69) is 38.0 Å². The van der Waals surface area contributed by atoms with Crippen LogP contribution in [0.15, 0.2) is 24.3 Å². The molecule has 0 unspecified atom stereocenters. The van der Waals surface area contributed by atoms with E-state index in [1.807, 2.05) is 0 Å². The maximum Gasteiger partial charge on any atom is 0.123 e. The van der Waals surface area contributed by atoms with Crippen molar-refractivity contribution in [2.45, 2.75) is 20.8 Å². The molecule has 0 aromatic heterocycles. The Bertz CT molecular complexity index is 327. The van der Waals surface area contributed by atoms with Gasteiger partial charge in [0.15, 0.2) is 0 Å². The molecule has 0 aliphatic heterocycles. The Kier molecular flexibility index (Phi) is 4.94. The first-order chi connectivity index (χ1) is 7.87. The molecular formula is C14H23FN2. The smallest absolute Gasteiger partial charge is 0.123 e. The second kappa shape index (κ2) is 6.01. The molecule has 0 saturated heterocycles. The van der Waals surface area contributed by atoms with Gasteiger partial charge in [-0.25, -0.2) is 4.39 Å². The second-order valence-corrected chi connectivity index (χ2v) is 5.73.